The van der Waals surface area contributed by atoms with Crippen molar-refractivity contribution in [1.29, 1.82) is 0 Å². The summed E-state index contributed by atoms with van der Waals surface area (Å²) in [6.45, 7) is 2.80. The fourth-order valence-electron chi connectivity index (χ4n) is 3.31. The van der Waals surface area contributed by atoms with E-state index in [-0.39, 0.29) is 34.8 Å². The van der Waals surface area contributed by atoms with E-state index in [1.165, 1.54) is 7.11 Å². The molecule has 0 aromatic heterocycles. The van der Waals surface area contributed by atoms with Crippen LogP contribution in [0.5, 0.6) is 0 Å². The minimum atomic E-state index is -3.15. The first-order valence-electron chi connectivity index (χ1n) is 7.44. The molecule has 0 aromatic carbocycles. The second kappa shape index (κ2) is 6.02. The van der Waals surface area contributed by atoms with Crippen LogP contribution < -0.4 is 5.32 Å². The smallest absolute Gasteiger partial charge is 0.306 e. The van der Waals surface area contributed by atoms with Gasteiger partial charge in [-0.2, -0.15) is 0 Å². The first kappa shape index (κ1) is 15.8. The highest BCUT2D eigenvalue weighted by atomic mass is 32.2. The Morgan fingerprint density at radius 3 is 2.60 bits per heavy atom. The van der Waals surface area contributed by atoms with Gasteiger partial charge in [0.25, 0.3) is 0 Å². The highest BCUT2D eigenvalue weighted by Crippen LogP contribution is 2.51. The van der Waals surface area contributed by atoms with Crippen LogP contribution in [0.1, 0.15) is 45.4 Å². The minimum Gasteiger partial charge on any atom is -0.469 e. The van der Waals surface area contributed by atoms with Crippen LogP contribution in [0, 0.1) is 5.41 Å². The van der Waals surface area contributed by atoms with E-state index in [1.807, 2.05) is 6.92 Å². The van der Waals surface area contributed by atoms with E-state index in [2.05, 4.69) is 10.1 Å². The zero-order chi connectivity index (χ0) is 14.8. The second-order valence-corrected chi connectivity index (χ2v) is 8.41. The lowest BCUT2D eigenvalue weighted by Gasteiger charge is -2.23. The Hall–Kier alpha value is -0.620. The summed E-state index contributed by atoms with van der Waals surface area (Å²) >= 11 is 0. The fourth-order valence-corrected chi connectivity index (χ4v) is 6.03. The zero-order valence-electron chi connectivity index (χ0n) is 12.4. The Morgan fingerprint density at radius 1 is 1.35 bits per heavy atom. The van der Waals surface area contributed by atoms with Crippen LogP contribution in [0.2, 0.25) is 0 Å². The van der Waals surface area contributed by atoms with Crippen LogP contribution in [-0.4, -0.2) is 45.1 Å². The average Bonchev–Trinajstić information content (AvgIpc) is 2.93. The highest BCUT2D eigenvalue weighted by Gasteiger charge is 2.50. The van der Waals surface area contributed by atoms with Gasteiger partial charge in [0, 0.05) is 6.04 Å². The van der Waals surface area contributed by atoms with Crippen molar-refractivity contribution < 1.29 is 17.9 Å². The summed E-state index contributed by atoms with van der Waals surface area (Å²) < 4.78 is 30.0. The van der Waals surface area contributed by atoms with Gasteiger partial charge < -0.3 is 10.1 Å². The summed E-state index contributed by atoms with van der Waals surface area (Å²) in [6.07, 6.45) is 4.52. The van der Waals surface area contributed by atoms with Gasteiger partial charge in [-0.05, 0) is 37.6 Å². The third-order valence-corrected chi connectivity index (χ3v) is 7.09. The van der Waals surface area contributed by atoms with E-state index >= 15 is 0 Å². The molecule has 0 spiro atoms. The van der Waals surface area contributed by atoms with Crippen LogP contribution >= 0.6 is 0 Å². The number of carbonyl (C=O) groups is 1. The van der Waals surface area contributed by atoms with Gasteiger partial charge >= 0.3 is 5.97 Å². The quantitative estimate of drug-likeness (QED) is 0.717. The molecule has 5 nitrogen and oxygen atoms in total. The van der Waals surface area contributed by atoms with E-state index in [0.717, 1.165) is 38.6 Å². The van der Waals surface area contributed by atoms with Gasteiger partial charge in [0.2, 0.25) is 0 Å². The Balaban J connectivity index is 2.02. The van der Waals surface area contributed by atoms with Crippen LogP contribution in [0.3, 0.4) is 0 Å². The molecular formula is C14H25NO4S. The van der Waals surface area contributed by atoms with Crippen molar-refractivity contribution in [2.45, 2.75) is 56.7 Å². The Morgan fingerprint density at radius 2 is 2.05 bits per heavy atom. The van der Waals surface area contributed by atoms with E-state index in [1.54, 1.807) is 0 Å². The largest absolute Gasteiger partial charge is 0.469 e. The topological polar surface area (TPSA) is 72.5 Å². The molecule has 0 aliphatic heterocycles. The molecule has 116 valence electrons. The van der Waals surface area contributed by atoms with E-state index < -0.39 is 9.84 Å². The number of methoxy groups -OCH3 is 1. The standard InChI is InChI=1S/C14H25NO4S/c1-3-15-11-5-4-6-12(11)20(17,18)10-14(7-8-14)9-13(16)19-2/h11-12,15H,3-10H2,1-2H3. The molecule has 0 heterocycles. The minimum absolute atomic E-state index is 0.0823. The molecule has 2 saturated carbocycles. The lowest BCUT2D eigenvalue weighted by Crippen LogP contribution is -2.42. The van der Waals surface area contributed by atoms with Crippen molar-refractivity contribution in [2.24, 2.45) is 5.41 Å². The lowest BCUT2D eigenvalue weighted by molar-refractivity contribution is -0.141. The third-order valence-electron chi connectivity index (χ3n) is 4.59. The van der Waals surface area contributed by atoms with E-state index in [9.17, 15) is 13.2 Å². The molecule has 20 heavy (non-hydrogen) atoms. The Kier molecular flexibility index (Phi) is 4.74. The van der Waals surface area contributed by atoms with Gasteiger partial charge in [0.1, 0.15) is 0 Å². The summed E-state index contributed by atoms with van der Waals surface area (Å²) in [4.78, 5) is 11.4. The molecule has 2 aliphatic carbocycles. The van der Waals surface area contributed by atoms with Gasteiger partial charge in [-0.3, -0.25) is 4.79 Å². The van der Waals surface area contributed by atoms with Gasteiger partial charge in [-0.1, -0.05) is 13.3 Å². The first-order valence-corrected chi connectivity index (χ1v) is 9.16. The maximum Gasteiger partial charge on any atom is 0.306 e. The Labute approximate surface area is 121 Å². The predicted octanol–water partition coefficient (Wildman–Crippen LogP) is 1.28. The number of rotatable bonds is 7. The van der Waals surface area contributed by atoms with Crippen molar-refractivity contribution in [3.63, 3.8) is 0 Å². The number of nitrogens with one attached hydrogen (secondary N) is 1. The molecule has 0 radical (unpaired) electrons. The molecule has 2 fully saturated rings. The molecule has 0 amide bonds. The monoisotopic (exact) mass is 303 g/mol. The van der Waals surface area contributed by atoms with Crippen molar-refractivity contribution in [3.05, 3.63) is 0 Å². The molecule has 2 rings (SSSR count). The average molecular weight is 303 g/mol. The maximum atomic E-state index is 12.7. The molecule has 2 unspecified atom stereocenters. The van der Waals surface area contributed by atoms with Crippen molar-refractivity contribution in [2.75, 3.05) is 19.4 Å². The molecule has 1 N–H and O–H groups in total. The van der Waals surface area contributed by atoms with Crippen LogP contribution in [0.4, 0.5) is 0 Å². The second-order valence-electron chi connectivity index (χ2n) is 6.19. The molecule has 0 saturated heterocycles. The van der Waals surface area contributed by atoms with E-state index in [4.69, 9.17) is 0 Å². The summed E-state index contributed by atoms with van der Waals surface area (Å²) in [5.41, 5.74) is -0.342. The predicted molar refractivity (Wildman–Crippen MR) is 77.2 cm³/mol. The summed E-state index contributed by atoms with van der Waals surface area (Å²) in [5.74, 6) is -0.158. The number of sulfone groups is 1. The fraction of sp³-hybridized carbons (Fsp3) is 0.929. The number of hydrogen-bond acceptors (Lipinski definition) is 5. The number of esters is 1. The van der Waals surface area contributed by atoms with Crippen LogP contribution in [-0.2, 0) is 19.4 Å². The third kappa shape index (κ3) is 3.52. The zero-order valence-corrected chi connectivity index (χ0v) is 13.2. The Bertz CT molecular complexity index is 456. The lowest BCUT2D eigenvalue weighted by atomic mass is 10.1. The molecule has 2 atom stereocenters. The van der Waals surface area contributed by atoms with Gasteiger partial charge in [-0.25, -0.2) is 8.42 Å². The number of ether oxygens (including phenoxy) is 1. The summed E-state index contributed by atoms with van der Waals surface area (Å²) in [7, 11) is -1.80. The number of hydrogen-bond donors (Lipinski definition) is 1. The van der Waals surface area contributed by atoms with Crippen LogP contribution in [0.15, 0.2) is 0 Å². The van der Waals surface area contributed by atoms with Crippen molar-refractivity contribution >= 4 is 15.8 Å². The first-order chi connectivity index (χ1) is 9.42. The van der Waals surface area contributed by atoms with Gasteiger partial charge in [0.05, 0.1) is 24.5 Å². The summed E-state index contributed by atoms with van der Waals surface area (Å²) in [5, 5.41) is 3.01. The summed E-state index contributed by atoms with van der Waals surface area (Å²) in [6, 6.07) is 0.0823. The molecule has 2 aliphatic rings. The highest BCUT2D eigenvalue weighted by molar-refractivity contribution is 7.92. The normalized spacial score (nSPS) is 28.3. The SMILES string of the molecule is CCNC1CCCC1S(=O)(=O)CC1(CC(=O)OC)CC1. The van der Waals surface area contributed by atoms with Crippen molar-refractivity contribution in [3.8, 4) is 0 Å². The number of carbonyl (C=O) groups excluding carboxylic acids is 1. The molecule has 0 aromatic rings. The van der Waals surface area contributed by atoms with Gasteiger partial charge in [-0.15, -0.1) is 0 Å². The van der Waals surface area contributed by atoms with Gasteiger partial charge in [0.15, 0.2) is 9.84 Å². The maximum absolute atomic E-state index is 12.7. The van der Waals surface area contributed by atoms with Crippen molar-refractivity contribution in [1.82, 2.24) is 5.32 Å². The van der Waals surface area contributed by atoms with E-state index in [0.29, 0.717) is 0 Å². The molecule has 0 bridgehead atoms. The van der Waals surface area contributed by atoms with Crippen LogP contribution in [0.25, 0.3) is 0 Å². The molecule has 6 heteroatoms. The molecular weight excluding hydrogens is 278 g/mol.